The maximum atomic E-state index is 12.9. The van der Waals surface area contributed by atoms with E-state index in [4.69, 9.17) is 4.74 Å². The molecule has 1 aliphatic heterocycles. The average molecular weight is 431 g/mol. The van der Waals surface area contributed by atoms with Crippen molar-refractivity contribution in [1.82, 2.24) is 9.62 Å². The highest BCUT2D eigenvalue weighted by Gasteiger charge is 2.28. The molecule has 1 aliphatic rings. The second-order valence-electron chi connectivity index (χ2n) is 7.82. The highest BCUT2D eigenvalue weighted by atomic mass is 32.2. The molecule has 1 fully saturated rings. The number of hydrogen-bond acceptors (Lipinski definition) is 4. The van der Waals surface area contributed by atoms with Gasteiger partial charge in [-0.2, -0.15) is 4.31 Å². The molecule has 2 aromatic carbocycles. The number of benzene rings is 2. The van der Waals surface area contributed by atoms with E-state index in [-0.39, 0.29) is 10.8 Å². The summed E-state index contributed by atoms with van der Waals surface area (Å²) < 4.78 is 32.5. The zero-order chi connectivity index (χ0) is 21.6. The van der Waals surface area contributed by atoms with Crippen molar-refractivity contribution in [3.05, 3.63) is 59.7 Å². The average Bonchev–Trinajstić information content (AvgIpc) is 2.77. The molecule has 0 aliphatic carbocycles. The zero-order valence-corrected chi connectivity index (χ0v) is 18.5. The van der Waals surface area contributed by atoms with E-state index in [9.17, 15) is 13.2 Å². The Morgan fingerprint density at radius 2 is 1.83 bits per heavy atom. The fraction of sp³-hybridized carbons (Fsp3) is 0.435. The highest BCUT2D eigenvalue weighted by Crippen LogP contribution is 2.24. The van der Waals surface area contributed by atoms with Gasteiger partial charge in [0, 0.05) is 25.2 Å². The lowest BCUT2D eigenvalue weighted by molar-refractivity contribution is 0.0953. The summed E-state index contributed by atoms with van der Waals surface area (Å²) in [5, 5.41) is 2.88. The van der Waals surface area contributed by atoms with Gasteiger partial charge in [0.05, 0.1) is 12.0 Å². The van der Waals surface area contributed by atoms with Crippen LogP contribution in [0.15, 0.2) is 53.4 Å². The number of aryl methyl sites for hydroxylation is 1. The summed E-state index contributed by atoms with van der Waals surface area (Å²) in [5.41, 5.74) is 1.54. The van der Waals surface area contributed by atoms with Gasteiger partial charge in [-0.3, -0.25) is 4.79 Å². The summed E-state index contributed by atoms with van der Waals surface area (Å²) in [5.74, 6) is 1.11. The van der Waals surface area contributed by atoms with E-state index in [1.165, 1.54) is 15.9 Å². The van der Waals surface area contributed by atoms with Crippen LogP contribution in [0.1, 0.15) is 42.1 Å². The van der Waals surface area contributed by atoms with E-state index >= 15 is 0 Å². The number of nitrogens with one attached hydrogen (secondary N) is 1. The van der Waals surface area contributed by atoms with E-state index < -0.39 is 10.0 Å². The Morgan fingerprint density at radius 1 is 1.13 bits per heavy atom. The van der Waals surface area contributed by atoms with Gasteiger partial charge in [0.1, 0.15) is 5.75 Å². The van der Waals surface area contributed by atoms with Crippen molar-refractivity contribution in [1.29, 1.82) is 0 Å². The van der Waals surface area contributed by atoms with Crippen LogP contribution < -0.4 is 10.1 Å². The van der Waals surface area contributed by atoms with Crippen molar-refractivity contribution in [2.45, 2.75) is 37.5 Å². The molecular formula is C23H30N2O4S. The van der Waals surface area contributed by atoms with Gasteiger partial charge in [-0.05, 0) is 67.5 Å². The van der Waals surface area contributed by atoms with Gasteiger partial charge in [0.25, 0.3) is 5.91 Å². The quantitative estimate of drug-likeness (QED) is 0.651. The van der Waals surface area contributed by atoms with Crippen LogP contribution in [0.25, 0.3) is 0 Å². The van der Waals surface area contributed by atoms with Crippen molar-refractivity contribution >= 4 is 15.9 Å². The van der Waals surface area contributed by atoms with Crippen LogP contribution >= 0.6 is 0 Å². The molecule has 0 bridgehead atoms. The van der Waals surface area contributed by atoms with E-state index in [0.29, 0.717) is 31.1 Å². The van der Waals surface area contributed by atoms with Gasteiger partial charge in [-0.25, -0.2) is 8.42 Å². The summed E-state index contributed by atoms with van der Waals surface area (Å²) in [6, 6.07) is 14.2. The van der Waals surface area contributed by atoms with Gasteiger partial charge in [-0.15, -0.1) is 0 Å². The number of sulfonamides is 1. The van der Waals surface area contributed by atoms with Crippen LogP contribution in [0.2, 0.25) is 0 Å². The van der Waals surface area contributed by atoms with E-state index in [0.717, 1.165) is 31.4 Å². The molecule has 1 amide bonds. The first kappa shape index (κ1) is 22.3. The van der Waals surface area contributed by atoms with E-state index in [1.54, 1.807) is 25.3 Å². The molecule has 0 aromatic heterocycles. The minimum atomic E-state index is -3.57. The van der Waals surface area contributed by atoms with Gasteiger partial charge in [0.2, 0.25) is 10.0 Å². The molecule has 2 aromatic rings. The largest absolute Gasteiger partial charge is 0.497 e. The number of hydrogen-bond donors (Lipinski definition) is 1. The number of nitrogens with zero attached hydrogens (tertiary/aromatic N) is 1. The second kappa shape index (κ2) is 10.1. The number of amides is 1. The van der Waals surface area contributed by atoms with Crippen molar-refractivity contribution in [2.75, 3.05) is 26.7 Å². The Morgan fingerprint density at radius 3 is 2.50 bits per heavy atom. The number of piperidine rings is 1. The van der Waals surface area contributed by atoms with E-state index in [1.807, 2.05) is 24.3 Å². The predicted octanol–water partition coefficient (Wildman–Crippen LogP) is 3.48. The number of methoxy groups -OCH3 is 1. The number of carbonyl (C=O) groups excluding carboxylic acids is 1. The zero-order valence-electron chi connectivity index (χ0n) is 17.6. The third kappa shape index (κ3) is 5.61. The first-order valence-electron chi connectivity index (χ1n) is 10.4. The fourth-order valence-corrected chi connectivity index (χ4v) is 5.08. The maximum absolute atomic E-state index is 12.9. The summed E-state index contributed by atoms with van der Waals surface area (Å²) in [6.45, 7) is 3.73. The van der Waals surface area contributed by atoms with Crippen molar-refractivity contribution < 1.29 is 17.9 Å². The third-order valence-corrected chi connectivity index (χ3v) is 7.46. The topological polar surface area (TPSA) is 75.7 Å². The van der Waals surface area contributed by atoms with Gasteiger partial charge < -0.3 is 10.1 Å². The molecule has 1 N–H and O–H groups in total. The van der Waals surface area contributed by atoms with Crippen LogP contribution in [0.4, 0.5) is 0 Å². The molecule has 7 heteroatoms. The van der Waals surface area contributed by atoms with Crippen molar-refractivity contribution in [3.63, 3.8) is 0 Å². The molecule has 0 unspecified atom stereocenters. The molecule has 6 nitrogen and oxygen atoms in total. The Bertz CT molecular complexity index is 949. The lowest BCUT2D eigenvalue weighted by atomic mass is 10.0. The molecule has 0 saturated carbocycles. The second-order valence-corrected chi connectivity index (χ2v) is 9.76. The Kier molecular flexibility index (Phi) is 7.50. The number of rotatable bonds is 8. The number of ether oxygens (including phenoxy) is 1. The summed E-state index contributed by atoms with van der Waals surface area (Å²) in [4.78, 5) is 12.7. The normalized spacial score (nSPS) is 15.7. The molecule has 0 spiro atoms. The standard InChI is InChI=1S/C23H30N2O4S/c1-18-12-15-25(16-13-18)30(27,28)22-7-3-6-20(17-22)23(26)24-14-4-5-19-8-10-21(29-2)11-9-19/h3,6-11,17-18H,4-5,12-16H2,1-2H3,(H,24,26). The van der Waals surface area contributed by atoms with Crippen LogP contribution in [-0.4, -0.2) is 45.4 Å². The van der Waals surface area contributed by atoms with Crippen LogP contribution in [0.5, 0.6) is 5.75 Å². The molecule has 1 heterocycles. The van der Waals surface area contributed by atoms with E-state index in [2.05, 4.69) is 12.2 Å². The smallest absolute Gasteiger partial charge is 0.251 e. The monoisotopic (exact) mass is 430 g/mol. The molecule has 30 heavy (non-hydrogen) atoms. The summed E-state index contributed by atoms with van der Waals surface area (Å²) in [6.07, 6.45) is 3.37. The molecular weight excluding hydrogens is 400 g/mol. The van der Waals surface area contributed by atoms with Gasteiger partial charge >= 0.3 is 0 Å². The summed E-state index contributed by atoms with van der Waals surface area (Å²) in [7, 11) is -1.93. The summed E-state index contributed by atoms with van der Waals surface area (Å²) >= 11 is 0. The SMILES string of the molecule is COc1ccc(CCCNC(=O)c2cccc(S(=O)(=O)N3CCC(C)CC3)c2)cc1. The predicted molar refractivity (Wildman–Crippen MR) is 117 cm³/mol. The maximum Gasteiger partial charge on any atom is 0.251 e. The van der Waals surface area contributed by atoms with Gasteiger partial charge in [-0.1, -0.05) is 25.1 Å². The van der Waals surface area contributed by atoms with Crippen molar-refractivity contribution in [3.8, 4) is 5.75 Å². The highest BCUT2D eigenvalue weighted by molar-refractivity contribution is 7.89. The molecule has 0 radical (unpaired) electrons. The lowest BCUT2D eigenvalue weighted by Gasteiger charge is -2.29. The van der Waals surface area contributed by atoms with Gasteiger partial charge in [0.15, 0.2) is 0 Å². The third-order valence-electron chi connectivity index (χ3n) is 5.56. The van der Waals surface area contributed by atoms with Crippen LogP contribution in [0, 0.1) is 5.92 Å². The Balaban J connectivity index is 1.55. The minimum absolute atomic E-state index is 0.183. The van der Waals surface area contributed by atoms with Crippen LogP contribution in [0.3, 0.4) is 0 Å². The fourth-order valence-electron chi connectivity index (χ4n) is 3.56. The molecule has 0 atom stereocenters. The molecule has 162 valence electrons. The Labute approximate surface area is 179 Å². The Hall–Kier alpha value is -2.38. The molecule has 1 saturated heterocycles. The number of carbonyl (C=O) groups is 1. The molecule has 3 rings (SSSR count). The lowest BCUT2D eigenvalue weighted by Crippen LogP contribution is -2.38. The first-order chi connectivity index (χ1) is 14.4. The minimum Gasteiger partial charge on any atom is -0.497 e. The first-order valence-corrected chi connectivity index (χ1v) is 11.9. The van der Waals surface area contributed by atoms with Crippen molar-refractivity contribution in [2.24, 2.45) is 5.92 Å². The van der Waals surface area contributed by atoms with Crippen LogP contribution in [-0.2, 0) is 16.4 Å².